The number of nitrogen functional groups attached to an aromatic ring is 1. The van der Waals surface area contributed by atoms with Crippen molar-refractivity contribution < 1.29 is 4.79 Å². The lowest BCUT2D eigenvalue weighted by Gasteiger charge is -2.08. The smallest absolute Gasteiger partial charge is 0.267 e. The van der Waals surface area contributed by atoms with E-state index < -0.39 is 0 Å². The maximum absolute atomic E-state index is 12.8. The molecule has 0 fully saturated rings. The molecule has 2 aromatic heterocycles. The van der Waals surface area contributed by atoms with Crippen molar-refractivity contribution in [3.05, 3.63) is 76.7 Å². The molecule has 1 amide bonds. The van der Waals surface area contributed by atoms with Crippen LogP contribution in [0.3, 0.4) is 0 Å². The van der Waals surface area contributed by atoms with Crippen LogP contribution in [-0.4, -0.2) is 10.9 Å². The number of nitrogens with zero attached hydrogens (tertiary/aromatic N) is 1. The van der Waals surface area contributed by atoms with Crippen LogP contribution in [-0.2, 0) is 0 Å². The fourth-order valence-corrected chi connectivity index (χ4v) is 4.18. The Morgan fingerprint density at radius 1 is 1.00 bits per heavy atom. The summed E-state index contributed by atoms with van der Waals surface area (Å²) >= 11 is 1.32. The van der Waals surface area contributed by atoms with Crippen LogP contribution in [0.2, 0.25) is 0 Å². The van der Waals surface area contributed by atoms with Gasteiger partial charge in [0, 0.05) is 16.6 Å². The maximum atomic E-state index is 12.8. The molecule has 0 unspecified atom stereocenters. The number of fused-ring (bicyclic) bond motifs is 1. The van der Waals surface area contributed by atoms with E-state index in [9.17, 15) is 4.79 Å². The molecule has 4 aromatic rings. The Morgan fingerprint density at radius 2 is 1.69 bits per heavy atom. The number of amides is 1. The van der Waals surface area contributed by atoms with Crippen LogP contribution >= 0.6 is 11.3 Å². The lowest BCUT2D eigenvalue weighted by molar-refractivity contribution is 0.103. The van der Waals surface area contributed by atoms with E-state index in [4.69, 9.17) is 10.7 Å². The van der Waals surface area contributed by atoms with Gasteiger partial charge in [-0.2, -0.15) is 0 Å². The standard InChI is InChI=1S/C24H23N3OS/c1-14(2)16-8-10-18(11-9-16)26-23(28)22-21(25)19-12-13-20(27-24(19)29-22)17-6-4-15(3)5-7-17/h4-14H,25H2,1-3H3,(H,26,28). The Balaban J connectivity index is 1.62. The third-order valence-corrected chi connectivity index (χ3v) is 6.10. The van der Waals surface area contributed by atoms with E-state index in [1.807, 2.05) is 36.4 Å². The van der Waals surface area contributed by atoms with Gasteiger partial charge in [0.25, 0.3) is 5.91 Å². The molecular formula is C24H23N3OS. The van der Waals surface area contributed by atoms with E-state index >= 15 is 0 Å². The first-order valence-electron chi connectivity index (χ1n) is 9.60. The summed E-state index contributed by atoms with van der Waals surface area (Å²) in [4.78, 5) is 18.8. The minimum absolute atomic E-state index is 0.209. The molecular weight excluding hydrogens is 378 g/mol. The van der Waals surface area contributed by atoms with Crippen LogP contribution in [0.15, 0.2) is 60.7 Å². The highest BCUT2D eigenvalue weighted by Gasteiger charge is 2.18. The third kappa shape index (κ3) is 3.87. The Hall–Kier alpha value is -3.18. The van der Waals surface area contributed by atoms with Crippen LogP contribution in [0.25, 0.3) is 21.5 Å². The molecule has 0 radical (unpaired) electrons. The van der Waals surface area contributed by atoms with E-state index in [1.165, 1.54) is 22.5 Å². The zero-order valence-corrected chi connectivity index (χ0v) is 17.5. The average Bonchev–Trinajstić information content (AvgIpc) is 3.05. The molecule has 0 atom stereocenters. The predicted octanol–water partition coefficient (Wildman–Crippen LogP) is 6.23. The van der Waals surface area contributed by atoms with Crippen molar-refractivity contribution in [3.63, 3.8) is 0 Å². The van der Waals surface area contributed by atoms with Gasteiger partial charge in [-0.25, -0.2) is 4.98 Å². The largest absolute Gasteiger partial charge is 0.397 e. The maximum Gasteiger partial charge on any atom is 0.267 e. The number of rotatable bonds is 4. The first kappa shape index (κ1) is 19.2. The second-order valence-corrected chi connectivity index (χ2v) is 8.49. The number of benzene rings is 2. The van der Waals surface area contributed by atoms with Crippen molar-refractivity contribution in [3.8, 4) is 11.3 Å². The molecule has 0 saturated carbocycles. The summed E-state index contributed by atoms with van der Waals surface area (Å²) in [5.41, 5.74) is 11.9. The molecule has 0 aliphatic carbocycles. The minimum Gasteiger partial charge on any atom is -0.397 e. The van der Waals surface area contributed by atoms with Gasteiger partial charge >= 0.3 is 0 Å². The van der Waals surface area contributed by atoms with E-state index in [-0.39, 0.29) is 5.91 Å². The van der Waals surface area contributed by atoms with Gasteiger partial charge in [0.15, 0.2) is 0 Å². The van der Waals surface area contributed by atoms with Crippen LogP contribution in [0.5, 0.6) is 0 Å². The molecule has 2 aromatic carbocycles. The van der Waals surface area contributed by atoms with Crippen LogP contribution in [0.4, 0.5) is 11.4 Å². The lowest BCUT2D eigenvalue weighted by atomic mass is 10.0. The van der Waals surface area contributed by atoms with Gasteiger partial charge in [-0.15, -0.1) is 11.3 Å². The highest BCUT2D eigenvalue weighted by Crippen LogP contribution is 2.34. The number of nitrogens with two attached hydrogens (primary N) is 1. The molecule has 0 aliphatic heterocycles. The molecule has 0 bridgehead atoms. The average molecular weight is 402 g/mol. The quantitative estimate of drug-likeness (QED) is 0.426. The Bertz CT molecular complexity index is 1180. The Kier molecular flexibility index (Phi) is 5.07. The molecule has 0 saturated heterocycles. The minimum atomic E-state index is -0.209. The second-order valence-electron chi connectivity index (χ2n) is 7.49. The molecule has 5 heteroatoms. The van der Waals surface area contributed by atoms with Gasteiger partial charge < -0.3 is 11.1 Å². The lowest BCUT2D eigenvalue weighted by Crippen LogP contribution is -2.11. The number of carbonyl (C=O) groups excluding carboxylic acids is 1. The van der Waals surface area contributed by atoms with Gasteiger partial charge in [0.1, 0.15) is 9.71 Å². The van der Waals surface area contributed by atoms with E-state index in [1.54, 1.807) is 0 Å². The fraction of sp³-hybridized carbons (Fsp3) is 0.167. The second kappa shape index (κ2) is 7.68. The van der Waals surface area contributed by atoms with Crippen molar-refractivity contribution in [1.82, 2.24) is 4.98 Å². The van der Waals surface area contributed by atoms with Crippen molar-refractivity contribution in [2.45, 2.75) is 26.7 Å². The number of carbonyl (C=O) groups is 1. The number of thiophene rings is 1. The summed E-state index contributed by atoms with van der Waals surface area (Å²) in [6.07, 6.45) is 0. The summed E-state index contributed by atoms with van der Waals surface area (Å²) in [5.74, 6) is 0.242. The SMILES string of the molecule is Cc1ccc(-c2ccc3c(N)c(C(=O)Nc4ccc(C(C)C)cc4)sc3n2)cc1. The number of anilines is 2. The summed E-state index contributed by atoms with van der Waals surface area (Å²) in [5, 5.41) is 3.75. The highest BCUT2D eigenvalue weighted by atomic mass is 32.1. The van der Waals surface area contributed by atoms with Crippen molar-refractivity contribution >= 4 is 38.8 Å². The van der Waals surface area contributed by atoms with Gasteiger partial charge in [-0.05, 0) is 42.7 Å². The van der Waals surface area contributed by atoms with Gasteiger partial charge in [-0.1, -0.05) is 55.8 Å². The van der Waals surface area contributed by atoms with Gasteiger partial charge in [-0.3, -0.25) is 4.79 Å². The topological polar surface area (TPSA) is 68.0 Å². The zero-order valence-electron chi connectivity index (χ0n) is 16.7. The van der Waals surface area contributed by atoms with Gasteiger partial charge in [0.2, 0.25) is 0 Å². The number of nitrogens with one attached hydrogen (secondary N) is 1. The molecule has 4 nitrogen and oxygen atoms in total. The summed E-state index contributed by atoms with van der Waals surface area (Å²) in [6.45, 7) is 6.34. The van der Waals surface area contributed by atoms with Crippen LogP contribution in [0, 0.1) is 6.92 Å². The van der Waals surface area contributed by atoms with Crippen molar-refractivity contribution in [2.24, 2.45) is 0 Å². The fourth-order valence-electron chi connectivity index (χ4n) is 3.19. The number of hydrogen-bond acceptors (Lipinski definition) is 4. The van der Waals surface area contributed by atoms with Crippen LogP contribution < -0.4 is 11.1 Å². The molecule has 146 valence electrons. The van der Waals surface area contributed by atoms with E-state index in [2.05, 4.69) is 50.4 Å². The molecule has 2 heterocycles. The number of pyridine rings is 1. The molecule has 3 N–H and O–H groups in total. The van der Waals surface area contributed by atoms with Crippen molar-refractivity contribution in [2.75, 3.05) is 11.1 Å². The molecule has 0 aliphatic rings. The third-order valence-electron chi connectivity index (χ3n) is 4.98. The van der Waals surface area contributed by atoms with Crippen molar-refractivity contribution in [1.29, 1.82) is 0 Å². The summed E-state index contributed by atoms with van der Waals surface area (Å²) in [6, 6.07) is 20.0. The number of aromatic nitrogens is 1. The zero-order chi connectivity index (χ0) is 20.5. The highest BCUT2D eigenvalue weighted by molar-refractivity contribution is 7.21. The Labute approximate surface area is 174 Å². The van der Waals surface area contributed by atoms with E-state index in [0.717, 1.165) is 27.2 Å². The van der Waals surface area contributed by atoms with Gasteiger partial charge in [0.05, 0.1) is 11.4 Å². The van der Waals surface area contributed by atoms with E-state index in [0.29, 0.717) is 16.5 Å². The molecule has 0 spiro atoms. The molecule has 4 rings (SSSR count). The predicted molar refractivity (Wildman–Crippen MR) is 123 cm³/mol. The molecule has 29 heavy (non-hydrogen) atoms. The number of aryl methyl sites for hydroxylation is 1. The Morgan fingerprint density at radius 3 is 2.34 bits per heavy atom. The number of hydrogen-bond donors (Lipinski definition) is 2. The summed E-state index contributed by atoms with van der Waals surface area (Å²) < 4.78 is 0. The summed E-state index contributed by atoms with van der Waals surface area (Å²) in [7, 11) is 0. The normalized spacial score (nSPS) is 11.2. The van der Waals surface area contributed by atoms with Crippen LogP contribution in [0.1, 0.15) is 40.6 Å². The first-order valence-corrected chi connectivity index (χ1v) is 10.4. The first-order chi connectivity index (χ1) is 13.9. The monoisotopic (exact) mass is 401 g/mol.